The highest BCUT2D eigenvalue weighted by Gasteiger charge is 2.24. The molecule has 0 spiro atoms. The average Bonchev–Trinajstić information content (AvgIpc) is 0.738. The van der Waals surface area contributed by atoms with Crippen LogP contribution in [0.3, 0.4) is 0 Å². The van der Waals surface area contributed by atoms with Gasteiger partial charge in [-0.05, 0) is 237 Å². The van der Waals surface area contributed by atoms with Gasteiger partial charge in [-0.25, -0.2) is 19.9 Å². The van der Waals surface area contributed by atoms with Crippen LogP contribution in [0.5, 0.6) is 0 Å². The Kier molecular flexibility index (Phi) is 16.8. The van der Waals surface area contributed by atoms with Gasteiger partial charge in [-0.15, -0.1) is 0 Å². The Morgan fingerprint density at radius 3 is 0.933 bits per heavy atom. The van der Waals surface area contributed by atoms with Crippen LogP contribution < -0.4 is 0 Å². The highest BCUT2D eigenvalue weighted by Crippen LogP contribution is 2.49. The van der Waals surface area contributed by atoms with Crippen molar-refractivity contribution in [1.82, 2.24) is 29.9 Å². The number of rotatable bonds is 13. The van der Waals surface area contributed by atoms with Gasteiger partial charge >= 0.3 is 0 Å². The van der Waals surface area contributed by atoms with Crippen LogP contribution in [0.1, 0.15) is 0 Å². The van der Waals surface area contributed by atoms with Crippen molar-refractivity contribution in [2.75, 3.05) is 0 Å². The standard InChI is InChI=1S/C114H70N6/c1-2-24-72-62-83(55-51-71(72)23-1)111-100-43-11-7-39-96(100)109(97-40-8-12-44-101(97)111)81-30-17-32-85(64-81)113-117-105(79-28-15-26-73(60-79)87-34-21-57-115-69-87)67-107(119-113)95-50-20-48-92-90(47-19-49-93(92)95)78-54-52-76-63-84(56-53-75(76)59-78)112-102-45-13-9-41-98(102)110(99-42-10-14-46-103(99)112)82-31-18-33-86(65-82)114-118-106(80-29-16-27-74(61-80)88-35-22-58-116-70-88)68-108(120-114)104-66-77-25-3-4-36-89(77)91-37-5-6-38-94(91)104/h1-70H. The lowest BCUT2D eigenvalue weighted by Crippen LogP contribution is -1.97. The third kappa shape index (κ3) is 12.2. The van der Waals surface area contributed by atoms with E-state index in [1.54, 1.807) is 0 Å². The van der Waals surface area contributed by atoms with E-state index in [4.69, 9.17) is 19.9 Å². The van der Waals surface area contributed by atoms with E-state index in [9.17, 15) is 0 Å². The molecule has 4 aromatic heterocycles. The molecule has 0 aliphatic rings. The van der Waals surface area contributed by atoms with Crippen molar-refractivity contribution in [2.45, 2.75) is 0 Å². The second-order valence-electron chi connectivity index (χ2n) is 31.1. The van der Waals surface area contributed by atoms with Gasteiger partial charge in [0.25, 0.3) is 0 Å². The summed E-state index contributed by atoms with van der Waals surface area (Å²) < 4.78 is 0. The maximum atomic E-state index is 5.64. The molecule has 0 fully saturated rings. The van der Waals surface area contributed by atoms with E-state index in [1.807, 2.05) is 36.9 Å². The minimum atomic E-state index is 0.636. The van der Waals surface area contributed by atoms with Crippen LogP contribution in [0, 0.1) is 0 Å². The lowest BCUT2D eigenvalue weighted by Gasteiger charge is -2.19. The van der Waals surface area contributed by atoms with Gasteiger partial charge in [-0.2, -0.15) is 0 Å². The molecular formula is C114H70N6. The second kappa shape index (κ2) is 29.1. The van der Waals surface area contributed by atoms with Gasteiger partial charge in [0.1, 0.15) is 0 Å². The second-order valence-corrected chi connectivity index (χ2v) is 31.1. The Balaban J connectivity index is 0.614. The molecule has 0 N–H and O–H groups in total. The first-order chi connectivity index (χ1) is 59.5. The number of hydrogen-bond donors (Lipinski definition) is 0. The van der Waals surface area contributed by atoms with Crippen molar-refractivity contribution in [3.8, 4) is 146 Å². The SMILES string of the molecule is c1cncc(-c2cccc(-c3cc(-c4cccc5c(-c6ccc7cc(-c8c9ccccc9c(-c9cccc(-c%10nc(-c%11cccc(-c%12cccnc%12)c%11)cc(-c%11cc%12ccccc%12c%12ccccc%11%12)n%10)c9)c9ccccc89)ccc7c6)cccc45)nc(-c4cccc(-c5c6ccccc6c(-c6ccc7ccccc7c6)c6ccccc56)c4)n3)c2)c1. The van der Waals surface area contributed by atoms with E-state index >= 15 is 0 Å². The summed E-state index contributed by atoms with van der Waals surface area (Å²) in [5.74, 6) is 1.28. The molecule has 0 aliphatic carbocycles. The molecule has 23 rings (SSSR count). The monoisotopic (exact) mass is 1520 g/mol. The first-order valence-electron chi connectivity index (χ1n) is 40.8. The van der Waals surface area contributed by atoms with Gasteiger partial charge < -0.3 is 0 Å². The maximum Gasteiger partial charge on any atom is 0.160 e. The molecule has 0 aliphatic heterocycles. The van der Waals surface area contributed by atoms with Gasteiger partial charge in [-0.1, -0.05) is 328 Å². The van der Waals surface area contributed by atoms with E-state index in [0.29, 0.717) is 11.6 Å². The van der Waals surface area contributed by atoms with Crippen LogP contribution in [-0.4, -0.2) is 29.9 Å². The quantitative estimate of drug-likeness (QED) is 0.0846. The first-order valence-corrected chi connectivity index (χ1v) is 40.8. The van der Waals surface area contributed by atoms with Crippen molar-refractivity contribution in [3.63, 3.8) is 0 Å². The molecule has 6 nitrogen and oxygen atoms in total. The van der Waals surface area contributed by atoms with E-state index in [1.165, 1.54) is 76.1 Å². The van der Waals surface area contributed by atoms with Crippen molar-refractivity contribution in [3.05, 3.63) is 425 Å². The fourth-order valence-electron chi connectivity index (χ4n) is 18.6. The zero-order valence-corrected chi connectivity index (χ0v) is 65.1. The Labute approximate surface area is 693 Å². The molecule has 0 saturated carbocycles. The fraction of sp³-hybridized carbons (Fsp3) is 0. The molecule has 23 aromatic rings. The summed E-state index contributed by atoms with van der Waals surface area (Å²) in [6.07, 6.45) is 7.46. The van der Waals surface area contributed by atoms with Crippen LogP contribution in [0.15, 0.2) is 425 Å². The summed E-state index contributed by atoms with van der Waals surface area (Å²) in [6, 6.07) is 145. The third-order valence-electron chi connectivity index (χ3n) is 24.2. The summed E-state index contributed by atoms with van der Waals surface area (Å²) in [4.78, 5) is 31.2. The molecule has 556 valence electrons. The van der Waals surface area contributed by atoms with Gasteiger partial charge in [0, 0.05) is 69.3 Å². The highest BCUT2D eigenvalue weighted by molar-refractivity contribution is 6.24. The predicted molar refractivity (Wildman–Crippen MR) is 501 cm³/mol. The molecule has 0 atom stereocenters. The zero-order chi connectivity index (χ0) is 79.1. The van der Waals surface area contributed by atoms with Crippen molar-refractivity contribution in [1.29, 1.82) is 0 Å². The molecule has 4 heterocycles. The van der Waals surface area contributed by atoms with Crippen LogP contribution in [0.4, 0.5) is 0 Å². The lowest BCUT2D eigenvalue weighted by molar-refractivity contribution is 1.18. The van der Waals surface area contributed by atoms with Gasteiger partial charge in [0.15, 0.2) is 11.6 Å². The molecule has 0 saturated heterocycles. The van der Waals surface area contributed by atoms with E-state index in [0.717, 1.165) is 155 Å². The lowest BCUT2D eigenvalue weighted by atomic mass is 9.85. The smallest absolute Gasteiger partial charge is 0.160 e. The number of fused-ring (bicyclic) bond motifs is 10. The molecule has 0 unspecified atom stereocenters. The topological polar surface area (TPSA) is 77.3 Å². The van der Waals surface area contributed by atoms with Crippen LogP contribution >= 0.6 is 0 Å². The van der Waals surface area contributed by atoms with Crippen LogP contribution in [0.2, 0.25) is 0 Å². The molecule has 0 bridgehead atoms. The van der Waals surface area contributed by atoms with Gasteiger partial charge in [0.05, 0.1) is 22.8 Å². The number of nitrogens with zero attached hydrogens (tertiary/aromatic N) is 6. The maximum absolute atomic E-state index is 5.64. The fourth-order valence-corrected chi connectivity index (χ4v) is 18.6. The molecule has 0 amide bonds. The molecule has 0 radical (unpaired) electrons. The molecule has 120 heavy (non-hydrogen) atoms. The number of pyridine rings is 2. The average molecular weight is 1520 g/mol. The Morgan fingerprint density at radius 1 is 0.142 bits per heavy atom. The van der Waals surface area contributed by atoms with E-state index in [2.05, 4.69) is 398 Å². The third-order valence-corrected chi connectivity index (χ3v) is 24.2. The minimum absolute atomic E-state index is 0.636. The number of hydrogen-bond acceptors (Lipinski definition) is 6. The normalized spacial score (nSPS) is 11.7. The summed E-state index contributed by atoms with van der Waals surface area (Å²) in [5.41, 5.74) is 25.0. The number of aromatic nitrogens is 6. The van der Waals surface area contributed by atoms with Crippen LogP contribution in [-0.2, 0) is 0 Å². The first kappa shape index (κ1) is 69.5. The Hall–Kier alpha value is -16.0. The predicted octanol–water partition coefficient (Wildman–Crippen LogP) is 30.1. The Morgan fingerprint density at radius 2 is 0.450 bits per heavy atom. The summed E-state index contributed by atoms with van der Waals surface area (Å²) in [5, 5.41) is 21.1. The van der Waals surface area contributed by atoms with Gasteiger partial charge in [-0.3, -0.25) is 9.97 Å². The molecule has 19 aromatic carbocycles. The van der Waals surface area contributed by atoms with Crippen molar-refractivity contribution in [2.24, 2.45) is 0 Å². The zero-order valence-electron chi connectivity index (χ0n) is 65.1. The molecular weight excluding hydrogens is 1450 g/mol. The van der Waals surface area contributed by atoms with E-state index < -0.39 is 0 Å². The van der Waals surface area contributed by atoms with E-state index in [-0.39, 0.29) is 0 Å². The van der Waals surface area contributed by atoms with Crippen molar-refractivity contribution >= 4 is 97.0 Å². The summed E-state index contributed by atoms with van der Waals surface area (Å²) in [7, 11) is 0. The van der Waals surface area contributed by atoms with Crippen LogP contribution in [0.25, 0.3) is 243 Å². The number of benzene rings is 19. The minimum Gasteiger partial charge on any atom is -0.264 e. The largest absolute Gasteiger partial charge is 0.264 e. The molecule has 6 heteroatoms. The van der Waals surface area contributed by atoms with Gasteiger partial charge in [0.2, 0.25) is 0 Å². The highest BCUT2D eigenvalue weighted by atomic mass is 14.9. The van der Waals surface area contributed by atoms with Crippen molar-refractivity contribution < 1.29 is 0 Å². The Bertz CT molecular complexity index is 8000. The summed E-state index contributed by atoms with van der Waals surface area (Å²) in [6.45, 7) is 0. The summed E-state index contributed by atoms with van der Waals surface area (Å²) >= 11 is 0.